The van der Waals surface area contributed by atoms with Crippen molar-refractivity contribution in [3.63, 3.8) is 0 Å². The molecule has 0 unspecified atom stereocenters. The van der Waals surface area contributed by atoms with Gasteiger partial charge in [0.2, 0.25) is 0 Å². The second kappa shape index (κ2) is 12.6. The highest BCUT2D eigenvalue weighted by Gasteiger charge is 2.05. The SMILES string of the molecule is CC(C)C.CCC=O.CNc1c(C)cc(C=O)nc1Cl. The fourth-order valence-electron chi connectivity index (χ4n) is 1.02. The molecule has 0 bridgehead atoms. The van der Waals surface area contributed by atoms with Crippen LogP contribution in [0.3, 0.4) is 0 Å². The summed E-state index contributed by atoms with van der Waals surface area (Å²) in [5, 5.41) is 3.24. The Hall–Kier alpha value is -1.42. The number of hydrogen-bond donors (Lipinski definition) is 1. The Morgan fingerprint density at radius 3 is 2.05 bits per heavy atom. The molecule has 1 N–H and O–H groups in total. The van der Waals surface area contributed by atoms with Crippen LogP contribution in [0.4, 0.5) is 5.69 Å². The van der Waals surface area contributed by atoms with Gasteiger partial charge in [0.25, 0.3) is 0 Å². The van der Waals surface area contributed by atoms with E-state index >= 15 is 0 Å². The zero-order chi connectivity index (χ0) is 16.1. The van der Waals surface area contributed by atoms with Gasteiger partial charge in [0.15, 0.2) is 11.4 Å². The number of halogens is 1. The molecule has 5 heteroatoms. The monoisotopic (exact) mass is 300 g/mol. The number of aldehydes is 2. The van der Waals surface area contributed by atoms with Crippen LogP contribution < -0.4 is 5.32 Å². The average molecular weight is 301 g/mol. The molecule has 0 spiro atoms. The molecule has 20 heavy (non-hydrogen) atoms. The highest BCUT2D eigenvalue weighted by Crippen LogP contribution is 2.23. The minimum atomic E-state index is 0.333. The fourth-order valence-corrected chi connectivity index (χ4v) is 1.36. The Balaban J connectivity index is 0. The molecule has 0 aliphatic rings. The third-order valence-electron chi connectivity index (χ3n) is 1.73. The Bertz CT molecular complexity index is 381. The lowest BCUT2D eigenvalue weighted by molar-refractivity contribution is -0.107. The van der Waals surface area contributed by atoms with E-state index in [1.165, 1.54) is 0 Å². The molecule has 1 aromatic heterocycles. The van der Waals surface area contributed by atoms with Gasteiger partial charge in [-0.05, 0) is 24.5 Å². The number of nitrogens with zero attached hydrogens (tertiary/aromatic N) is 1. The van der Waals surface area contributed by atoms with Crippen LogP contribution in [0.2, 0.25) is 5.15 Å². The normalized spacial score (nSPS) is 8.80. The van der Waals surface area contributed by atoms with Crippen LogP contribution in [-0.2, 0) is 4.79 Å². The number of aryl methyl sites for hydroxylation is 1. The molecule has 0 radical (unpaired) electrons. The second-order valence-electron chi connectivity index (χ2n) is 4.70. The van der Waals surface area contributed by atoms with Crippen LogP contribution in [-0.4, -0.2) is 24.6 Å². The predicted octanol–water partition coefficient (Wildman–Crippen LogP) is 4.16. The number of rotatable bonds is 3. The Labute approximate surface area is 126 Å². The number of carbonyl (C=O) groups excluding carboxylic acids is 2. The summed E-state index contributed by atoms with van der Waals surface area (Å²) in [7, 11) is 1.76. The van der Waals surface area contributed by atoms with Crippen molar-refractivity contribution in [1.82, 2.24) is 4.98 Å². The molecule has 1 rings (SSSR count). The van der Waals surface area contributed by atoms with Crippen molar-refractivity contribution in [2.45, 2.75) is 41.0 Å². The quantitative estimate of drug-likeness (QED) is 0.673. The van der Waals surface area contributed by atoms with E-state index in [0.29, 0.717) is 23.6 Å². The van der Waals surface area contributed by atoms with Crippen LogP contribution in [0.5, 0.6) is 0 Å². The van der Waals surface area contributed by atoms with Crippen LogP contribution in [0.15, 0.2) is 6.07 Å². The van der Waals surface area contributed by atoms with Crippen LogP contribution in [0, 0.1) is 12.8 Å². The molecule has 1 aromatic rings. The van der Waals surface area contributed by atoms with Crippen LogP contribution in [0.25, 0.3) is 0 Å². The number of anilines is 1. The number of aromatic nitrogens is 1. The summed E-state index contributed by atoms with van der Waals surface area (Å²) >= 11 is 5.78. The Kier molecular flexibility index (Phi) is 13.2. The molecule has 1 heterocycles. The number of hydrogen-bond acceptors (Lipinski definition) is 4. The van der Waals surface area contributed by atoms with Gasteiger partial charge < -0.3 is 10.1 Å². The predicted molar refractivity (Wildman–Crippen MR) is 85.8 cm³/mol. The molecular weight excluding hydrogens is 276 g/mol. The first kappa shape index (κ1) is 20.9. The third-order valence-corrected chi connectivity index (χ3v) is 2.00. The Morgan fingerprint density at radius 1 is 1.35 bits per heavy atom. The van der Waals surface area contributed by atoms with Crippen molar-refractivity contribution >= 4 is 29.9 Å². The van der Waals surface area contributed by atoms with E-state index in [1.54, 1.807) is 13.1 Å². The molecule has 114 valence electrons. The summed E-state index contributed by atoms with van der Waals surface area (Å²) in [4.78, 5) is 23.4. The molecule has 0 saturated heterocycles. The number of nitrogens with one attached hydrogen (secondary N) is 1. The number of carbonyl (C=O) groups is 2. The van der Waals surface area contributed by atoms with Crippen LogP contribution >= 0.6 is 11.6 Å². The molecule has 0 saturated carbocycles. The van der Waals surface area contributed by atoms with E-state index in [9.17, 15) is 9.59 Å². The summed E-state index contributed by atoms with van der Waals surface area (Å²) < 4.78 is 0. The molecule has 4 nitrogen and oxygen atoms in total. The van der Waals surface area contributed by atoms with Crippen molar-refractivity contribution in [3.05, 3.63) is 22.5 Å². The lowest BCUT2D eigenvalue weighted by atomic mass is 10.2. The second-order valence-corrected chi connectivity index (χ2v) is 5.06. The summed E-state index contributed by atoms with van der Waals surface area (Å²) in [5.74, 6) is 0.833. The highest BCUT2D eigenvalue weighted by atomic mass is 35.5. The minimum Gasteiger partial charge on any atom is -0.385 e. The van der Waals surface area contributed by atoms with Gasteiger partial charge in [-0.2, -0.15) is 0 Å². The van der Waals surface area contributed by atoms with Gasteiger partial charge in [-0.15, -0.1) is 0 Å². The standard InChI is InChI=1S/C8H9ClN2O.C4H10.C3H6O/c1-5-3-6(4-12)11-8(9)7(5)10-2;1-4(2)3;1-2-3-4/h3-4,10H,1-2H3;4H,1-3H3;3H,2H2,1H3. The van der Waals surface area contributed by atoms with Crippen LogP contribution in [0.1, 0.15) is 50.2 Å². The largest absolute Gasteiger partial charge is 0.385 e. The van der Waals surface area contributed by atoms with Gasteiger partial charge in [0.1, 0.15) is 12.0 Å². The van der Waals surface area contributed by atoms with E-state index < -0.39 is 0 Å². The smallest absolute Gasteiger partial charge is 0.168 e. The summed E-state index contributed by atoms with van der Waals surface area (Å²) in [6, 6.07) is 1.69. The van der Waals surface area contributed by atoms with Crippen molar-refractivity contribution in [1.29, 1.82) is 0 Å². The highest BCUT2D eigenvalue weighted by molar-refractivity contribution is 6.32. The summed E-state index contributed by atoms with van der Waals surface area (Å²) in [6.45, 7) is 10.2. The Morgan fingerprint density at radius 2 is 1.80 bits per heavy atom. The first-order chi connectivity index (χ1) is 9.33. The van der Waals surface area contributed by atoms with E-state index in [-0.39, 0.29) is 0 Å². The molecule has 0 atom stereocenters. The van der Waals surface area contributed by atoms with Gasteiger partial charge in [0.05, 0.1) is 5.69 Å². The van der Waals surface area contributed by atoms with E-state index in [2.05, 4.69) is 31.1 Å². The minimum absolute atomic E-state index is 0.333. The fraction of sp³-hybridized carbons (Fsp3) is 0.533. The average Bonchev–Trinajstić information content (AvgIpc) is 2.38. The first-order valence-corrected chi connectivity index (χ1v) is 6.95. The molecular formula is C15H25ClN2O2. The molecule has 0 aliphatic carbocycles. The molecule has 0 aromatic carbocycles. The molecule has 0 amide bonds. The van der Waals surface area contributed by atoms with Gasteiger partial charge in [-0.1, -0.05) is 39.3 Å². The third kappa shape index (κ3) is 10.5. The van der Waals surface area contributed by atoms with Gasteiger partial charge in [-0.25, -0.2) is 4.98 Å². The lowest BCUT2D eigenvalue weighted by Crippen LogP contribution is -1.97. The zero-order valence-corrected chi connectivity index (χ0v) is 13.9. The summed E-state index contributed by atoms with van der Waals surface area (Å²) in [5.41, 5.74) is 2.04. The maximum absolute atomic E-state index is 10.4. The topological polar surface area (TPSA) is 59.1 Å². The molecule has 0 aliphatic heterocycles. The maximum atomic E-state index is 10.4. The van der Waals surface area contributed by atoms with Crippen molar-refractivity contribution in [2.75, 3.05) is 12.4 Å². The number of pyridine rings is 1. The lowest BCUT2D eigenvalue weighted by Gasteiger charge is -2.06. The van der Waals surface area contributed by atoms with Crippen molar-refractivity contribution in [3.8, 4) is 0 Å². The summed E-state index contributed by atoms with van der Waals surface area (Å²) in [6.07, 6.45) is 2.19. The van der Waals surface area contributed by atoms with Gasteiger partial charge >= 0.3 is 0 Å². The first-order valence-electron chi connectivity index (χ1n) is 6.57. The zero-order valence-electron chi connectivity index (χ0n) is 13.2. The molecule has 0 fully saturated rings. The van der Waals surface area contributed by atoms with Crippen molar-refractivity contribution < 1.29 is 9.59 Å². The maximum Gasteiger partial charge on any atom is 0.168 e. The van der Waals surface area contributed by atoms with E-state index in [0.717, 1.165) is 23.5 Å². The van der Waals surface area contributed by atoms with Gasteiger partial charge in [0, 0.05) is 13.5 Å². The van der Waals surface area contributed by atoms with E-state index in [1.807, 2.05) is 13.8 Å². The van der Waals surface area contributed by atoms with Crippen molar-refractivity contribution in [2.24, 2.45) is 5.92 Å². The van der Waals surface area contributed by atoms with Gasteiger partial charge in [-0.3, -0.25) is 4.79 Å². The van der Waals surface area contributed by atoms with E-state index in [4.69, 9.17) is 11.6 Å².